The zero-order chi connectivity index (χ0) is 25.5. The molecule has 2 heterocycles. The Bertz CT molecular complexity index is 1480. The summed E-state index contributed by atoms with van der Waals surface area (Å²) in [5.74, 6) is -0.420. The van der Waals surface area contributed by atoms with Crippen LogP contribution in [0.3, 0.4) is 0 Å². The molecule has 3 aromatic rings. The van der Waals surface area contributed by atoms with Gasteiger partial charge in [-0.1, -0.05) is 17.7 Å². The topological polar surface area (TPSA) is 132 Å². The van der Waals surface area contributed by atoms with Crippen LogP contribution in [0.2, 0.25) is 5.15 Å². The maximum absolute atomic E-state index is 13.1. The summed E-state index contributed by atoms with van der Waals surface area (Å²) in [6.45, 7) is 4.22. The molecule has 0 radical (unpaired) electrons. The van der Waals surface area contributed by atoms with Crippen LogP contribution in [0.1, 0.15) is 47.4 Å². The smallest absolute Gasteiger partial charge is 0.299 e. The van der Waals surface area contributed by atoms with Crippen molar-refractivity contribution in [1.29, 1.82) is 0 Å². The van der Waals surface area contributed by atoms with Gasteiger partial charge in [-0.25, -0.2) is 18.1 Å². The van der Waals surface area contributed by atoms with E-state index in [2.05, 4.69) is 15.3 Å². The van der Waals surface area contributed by atoms with Gasteiger partial charge in [-0.2, -0.15) is 4.98 Å². The Balaban J connectivity index is 1.74. The number of ether oxygens (including phenoxy) is 1. The summed E-state index contributed by atoms with van der Waals surface area (Å²) < 4.78 is 32.3. The molecule has 0 aliphatic heterocycles. The van der Waals surface area contributed by atoms with E-state index in [1.807, 2.05) is 24.6 Å². The zero-order valence-corrected chi connectivity index (χ0v) is 21.3. The summed E-state index contributed by atoms with van der Waals surface area (Å²) in [7, 11) is -2.18. The first-order valence-electron chi connectivity index (χ1n) is 11.0. The molecule has 0 bridgehead atoms. The number of amides is 1. The number of carbonyl (C=O) groups excluding carboxylic acids is 1. The second kappa shape index (κ2) is 9.46. The maximum Gasteiger partial charge on any atom is 0.299 e. The van der Waals surface area contributed by atoms with E-state index in [0.717, 1.165) is 24.7 Å². The monoisotopic (exact) mass is 519 g/mol. The van der Waals surface area contributed by atoms with Gasteiger partial charge in [-0.05, 0) is 56.4 Å². The average Bonchev–Trinajstić information content (AvgIpc) is 3.59. The number of benzene rings is 1. The molecule has 0 spiro atoms. The molecule has 1 fully saturated rings. The summed E-state index contributed by atoms with van der Waals surface area (Å²) in [6.07, 6.45) is 3.09. The van der Waals surface area contributed by atoms with E-state index in [9.17, 15) is 18.0 Å². The van der Waals surface area contributed by atoms with E-state index >= 15 is 0 Å². The van der Waals surface area contributed by atoms with E-state index in [-0.39, 0.29) is 28.1 Å². The molecule has 1 aliphatic carbocycles. The number of aromatic nitrogens is 3. The molecule has 0 saturated heterocycles. The third-order valence-electron chi connectivity index (χ3n) is 5.65. The van der Waals surface area contributed by atoms with Gasteiger partial charge in [0.15, 0.2) is 5.69 Å². The summed E-state index contributed by atoms with van der Waals surface area (Å²) >= 11 is 5.96. The van der Waals surface area contributed by atoms with Crippen molar-refractivity contribution in [3.05, 3.63) is 56.6 Å². The predicted octanol–water partition coefficient (Wildman–Crippen LogP) is 2.94. The molecule has 10 nitrogen and oxygen atoms in total. The summed E-state index contributed by atoms with van der Waals surface area (Å²) in [4.78, 5) is 34.3. The minimum atomic E-state index is -3.81. The minimum Gasteiger partial charge on any atom is -0.464 e. The number of carbonyl (C=O) groups is 1. The molecule has 1 aliphatic rings. The van der Waals surface area contributed by atoms with E-state index in [4.69, 9.17) is 16.3 Å². The highest BCUT2D eigenvalue weighted by Gasteiger charge is 2.24. The van der Waals surface area contributed by atoms with Gasteiger partial charge in [0.2, 0.25) is 10.0 Å². The Morgan fingerprint density at radius 1 is 1.29 bits per heavy atom. The van der Waals surface area contributed by atoms with Crippen molar-refractivity contribution in [3.8, 4) is 6.01 Å². The molecule has 1 saturated carbocycles. The first kappa shape index (κ1) is 24.9. The SMILES string of the molecule is Cc1cc([C@@H](C)Nc2ccc(Cl)nc2C(=O)NS(C)(=O)=O)c2nc(OCC3CC3)n(C)c(=O)c2c1. The molecule has 12 heteroatoms. The summed E-state index contributed by atoms with van der Waals surface area (Å²) in [6, 6.07) is 6.50. The van der Waals surface area contributed by atoms with Crippen molar-refractivity contribution in [3.63, 3.8) is 0 Å². The van der Waals surface area contributed by atoms with Crippen molar-refractivity contribution in [2.45, 2.75) is 32.7 Å². The number of nitrogens with one attached hydrogen (secondary N) is 2. The largest absolute Gasteiger partial charge is 0.464 e. The zero-order valence-electron chi connectivity index (χ0n) is 19.8. The van der Waals surface area contributed by atoms with Crippen LogP contribution in [-0.2, 0) is 17.1 Å². The third-order valence-corrected chi connectivity index (χ3v) is 6.42. The van der Waals surface area contributed by atoms with Crippen LogP contribution in [-0.4, -0.2) is 41.7 Å². The molecular formula is C23H26ClN5O5S. The third kappa shape index (κ3) is 5.73. The van der Waals surface area contributed by atoms with Crippen molar-refractivity contribution in [2.24, 2.45) is 13.0 Å². The van der Waals surface area contributed by atoms with Gasteiger partial charge in [0.05, 0.1) is 35.5 Å². The fourth-order valence-electron chi connectivity index (χ4n) is 3.72. The highest BCUT2D eigenvalue weighted by molar-refractivity contribution is 7.89. The number of pyridine rings is 1. The Labute approximate surface area is 207 Å². The molecular weight excluding hydrogens is 494 g/mol. The number of sulfonamides is 1. The van der Waals surface area contributed by atoms with Crippen LogP contribution in [0.25, 0.3) is 10.9 Å². The van der Waals surface area contributed by atoms with Crippen LogP contribution in [0.15, 0.2) is 29.1 Å². The Morgan fingerprint density at radius 3 is 2.66 bits per heavy atom. The highest BCUT2D eigenvalue weighted by atomic mass is 35.5. The highest BCUT2D eigenvalue weighted by Crippen LogP contribution is 2.31. The van der Waals surface area contributed by atoms with Crippen molar-refractivity contribution in [1.82, 2.24) is 19.3 Å². The first-order valence-corrected chi connectivity index (χ1v) is 13.3. The lowest BCUT2D eigenvalue weighted by atomic mass is 10.0. The van der Waals surface area contributed by atoms with Crippen LogP contribution in [0.5, 0.6) is 6.01 Å². The van der Waals surface area contributed by atoms with Crippen LogP contribution in [0, 0.1) is 12.8 Å². The van der Waals surface area contributed by atoms with Crippen LogP contribution < -0.4 is 20.3 Å². The Morgan fingerprint density at radius 2 is 2.00 bits per heavy atom. The van der Waals surface area contributed by atoms with Crippen molar-refractivity contribution in [2.75, 3.05) is 18.2 Å². The molecule has 1 aromatic carbocycles. The molecule has 2 N–H and O–H groups in total. The second-order valence-electron chi connectivity index (χ2n) is 8.86. The fraction of sp³-hybridized carbons (Fsp3) is 0.391. The number of rotatable bonds is 8. The lowest BCUT2D eigenvalue weighted by Gasteiger charge is -2.20. The summed E-state index contributed by atoms with van der Waals surface area (Å²) in [5.41, 5.74) is 1.91. The molecule has 2 aromatic heterocycles. The number of hydrogen-bond acceptors (Lipinski definition) is 8. The van der Waals surface area contributed by atoms with Gasteiger partial charge < -0.3 is 10.1 Å². The molecule has 1 atom stereocenters. The van der Waals surface area contributed by atoms with E-state index in [1.165, 1.54) is 16.7 Å². The van der Waals surface area contributed by atoms with Crippen LogP contribution >= 0.6 is 11.6 Å². The summed E-state index contributed by atoms with van der Waals surface area (Å²) in [5, 5.41) is 3.66. The second-order valence-corrected chi connectivity index (χ2v) is 11.0. The van der Waals surface area contributed by atoms with Crippen molar-refractivity contribution < 1.29 is 17.9 Å². The van der Waals surface area contributed by atoms with Crippen molar-refractivity contribution >= 4 is 44.1 Å². The van der Waals surface area contributed by atoms with Gasteiger partial charge >= 0.3 is 0 Å². The molecule has 186 valence electrons. The lowest BCUT2D eigenvalue weighted by Crippen LogP contribution is -2.31. The van der Waals surface area contributed by atoms with E-state index in [1.54, 1.807) is 13.1 Å². The standard InChI is InChI=1S/C23H26ClN5O5S/c1-12-9-15(19-16(10-12)22(31)29(3)23(27-19)34-11-14-5-6-14)13(2)25-17-7-8-18(24)26-20(17)21(30)28-35(4,32)33/h7-10,13-14,25H,5-6,11H2,1-4H3,(H,28,30)/t13-/m1/s1. The van der Waals surface area contributed by atoms with Gasteiger partial charge in [0, 0.05) is 12.6 Å². The molecule has 1 amide bonds. The normalized spacial score (nSPS) is 14.5. The molecule has 4 rings (SSSR count). The first-order chi connectivity index (χ1) is 16.4. The number of aryl methyl sites for hydroxylation is 1. The lowest BCUT2D eigenvalue weighted by molar-refractivity contribution is 0.0977. The number of anilines is 1. The number of nitrogens with zero attached hydrogens (tertiary/aromatic N) is 3. The number of hydrogen-bond donors (Lipinski definition) is 2. The van der Waals surface area contributed by atoms with E-state index in [0.29, 0.717) is 29.0 Å². The fourth-order valence-corrected chi connectivity index (χ4v) is 4.30. The minimum absolute atomic E-state index is 0.0328. The van der Waals surface area contributed by atoms with Gasteiger partial charge in [0.1, 0.15) is 5.15 Å². The van der Waals surface area contributed by atoms with Crippen LogP contribution in [0.4, 0.5) is 5.69 Å². The number of halogens is 1. The quantitative estimate of drug-likeness (QED) is 0.434. The Kier molecular flexibility index (Phi) is 6.74. The van der Waals surface area contributed by atoms with Gasteiger partial charge in [-0.15, -0.1) is 0 Å². The number of fused-ring (bicyclic) bond motifs is 1. The average molecular weight is 520 g/mol. The molecule has 35 heavy (non-hydrogen) atoms. The maximum atomic E-state index is 13.1. The van der Waals surface area contributed by atoms with Gasteiger partial charge in [-0.3, -0.25) is 14.2 Å². The van der Waals surface area contributed by atoms with E-state index < -0.39 is 22.0 Å². The molecule has 0 unspecified atom stereocenters. The van der Waals surface area contributed by atoms with Gasteiger partial charge in [0.25, 0.3) is 17.5 Å². The Hall–Kier alpha value is -3.18. The predicted molar refractivity (Wildman–Crippen MR) is 134 cm³/mol.